The summed E-state index contributed by atoms with van der Waals surface area (Å²) >= 11 is 0. The van der Waals surface area contributed by atoms with Crippen molar-refractivity contribution in [3.05, 3.63) is 0 Å². The molecule has 5 nitrogen and oxygen atoms in total. The van der Waals surface area contributed by atoms with Gasteiger partial charge < -0.3 is 14.8 Å². The highest BCUT2D eigenvalue weighted by molar-refractivity contribution is 5.84. The van der Waals surface area contributed by atoms with Crippen LogP contribution in [0.4, 0.5) is 0 Å². The van der Waals surface area contributed by atoms with Crippen LogP contribution in [-0.4, -0.2) is 62.9 Å². The van der Waals surface area contributed by atoms with Crippen molar-refractivity contribution in [2.75, 3.05) is 46.5 Å². The first-order valence-corrected chi connectivity index (χ1v) is 6.20. The molecule has 1 fully saturated rings. The summed E-state index contributed by atoms with van der Waals surface area (Å²) in [6, 6.07) is 0. The van der Waals surface area contributed by atoms with E-state index in [1.807, 2.05) is 0 Å². The van der Waals surface area contributed by atoms with Gasteiger partial charge in [-0.2, -0.15) is 0 Å². The first-order chi connectivity index (χ1) is 8.06. The highest BCUT2D eigenvalue weighted by Gasteiger charge is 2.26. The number of carbonyl (C=O) groups is 1. The van der Waals surface area contributed by atoms with Crippen LogP contribution in [0.5, 0.6) is 0 Å². The third-order valence-corrected chi connectivity index (χ3v) is 3.10. The van der Waals surface area contributed by atoms with Gasteiger partial charge in [0, 0.05) is 26.7 Å². The molecule has 100 valence electrons. The smallest absolute Gasteiger partial charge is 0.251 e. The molecule has 1 aliphatic rings. The Morgan fingerprint density at radius 1 is 1.41 bits per heavy atom. The van der Waals surface area contributed by atoms with E-state index in [2.05, 4.69) is 10.2 Å². The monoisotopic (exact) mass is 244 g/mol. The van der Waals surface area contributed by atoms with Gasteiger partial charge >= 0.3 is 0 Å². The van der Waals surface area contributed by atoms with Gasteiger partial charge in [0.15, 0.2) is 0 Å². The number of hydrogen-bond donors (Lipinski definition) is 1. The van der Waals surface area contributed by atoms with Crippen molar-refractivity contribution in [3.8, 4) is 0 Å². The van der Waals surface area contributed by atoms with E-state index in [4.69, 9.17) is 9.47 Å². The summed E-state index contributed by atoms with van der Waals surface area (Å²) in [5, 5.41) is 2.89. The fourth-order valence-electron chi connectivity index (χ4n) is 1.63. The number of carbonyl (C=O) groups excluding carboxylic acids is 1. The average molecular weight is 244 g/mol. The van der Waals surface area contributed by atoms with Crippen LogP contribution >= 0.6 is 0 Å². The van der Waals surface area contributed by atoms with Crippen LogP contribution in [0.15, 0.2) is 0 Å². The molecular weight excluding hydrogens is 220 g/mol. The Bertz CT molecular complexity index is 238. The highest BCUT2D eigenvalue weighted by atomic mass is 16.5. The van der Waals surface area contributed by atoms with Crippen LogP contribution in [0.25, 0.3) is 0 Å². The lowest BCUT2D eigenvalue weighted by molar-refractivity contribution is -0.139. The van der Waals surface area contributed by atoms with Crippen LogP contribution < -0.4 is 5.32 Å². The Kier molecular flexibility index (Phi) is 5.88. The maximum Gasteiger partial charge on any atom is 0.251 e. The fraction of sp³-hybridized carbons (Fsp3) is 0.917. The molecule has 0 radical (unpaired) electrons. The van der Waals surface area contributed by atoms with E-state index in [1.165, 1.54) is 0 Å². The molecule has 0 aromatic heterocycles. The van der Waals surface area contributed by atoms with Gasteiger partial charge in [-0.15, -0.1) is 0 Å². The number of amides is 1. The average Bonchev–Trinajstić information content (AvgIpc) is 2.35. The first-order valence-electron chi connectivity index (χ1n) is 6.20. The van der Waals surface area contributed by atoms with Gasteiger partial charge in [-0.05, 0) is 26.8 Å². The van der Waals surface area contributed by atoms with Gasteiger partial charge in [-0.25, -0.2) is 0 Å². The molecule has 1 N–H and O–H groups in total. The summed E-state index contributed by atoms with van der Waals surface area (Å²) < 4.78 is 10.4. The van der Waals surface area contributed by atoms with Crippen molar-refractivity contribution in [3.63, 3.8) is 0 Å². The van der Waals surface area contributed by atoms with Gasteiger partial charge in [0.25, 0.3) is 5.91 Å². The minimum Gasteiger partial charge on any atom is -0.379 e. The minimum absolute atomic E-state index is 0.0537. The predicted octanol–water partition coefficient (Wildman–Crippen LogP) is 0.250. The molecule has 0 aromatic carbocycles. The predicted molar refractivity (Wildman–Crippen MR) is 66.0 cm³/mol. The molecule has 0 saturated carbocycles. The number of nitrogens with zero attached hydrogens (tertiary/aromatic N) is 1. The Morgan fingerprint density at radius 2 is 2.06 bits per heavy atom. The zero-order chi connectivity index (χ0) is 12.7. The van der Waals surface area contributed by atoms with Crippen LogP contribution in [0, 0.1) is 0 Å². The lowest BCUT2D eigenvalue weighted by Gasteiger charge is -2.27. The molecule has 5 heteroatoms. The van der Waals surface area contributed by atoms with E-state index in [0.717, 1.165) is 39.3 Å². The third kappa shape index (κ3) is 5.02. The summed E-state index contributed by atoms with van der Waals surface area (Å²) in [7, 11) is 1.55. The van der Waals surface area contributed by atoms with Crippen molar-refractivity contribution in [1.82, 2.24) is 10.2 Å². The summed E-state index contributed by atoms with van der Waals surface area (Å²) in [4.78, 5) is 14.0. The van der Waals surface area contributed by atoms with E-state index in [9.17, 15) is 4.79 Å². The summed E-state index contributed by atoms with van der Waals surface area (Å²) in [5.41, 5.74) is -0.737. The van der Waals surface area contributed by atoms with Crippen molar-refractivity contribution < 1.29 is 14.3 Å². The molecule has 1 rings (SSSR count). The number of nitrogens with one attached hydrogen (secondary N) is 1. The summed E-state index contributed by atoms with van der Waals surface area (Å²) in [5.74, 6) is -0.0537. The maximum atomic E-state index is 11.7. The van der Waals surface area contributed by atoms with E-state index < -0.39 is 5.60 Å². The van der Waals surface area contributed by atoms with Crippen molar-refractivity contribution in [2.45, 2.75) is 25.9 Å². The normalized spacial score (nSPS) is 18.1. The molecule has 0 aliphatic carbocycles. The second-order valence-corrected chi connectivity index (χ2v) is 4.78. The Balaban J connectivity index is 2.09. The Morgan fingerprint density at radius 3 is 2.65 bits per heavy atom. The molecule has 1 aliphatic heterocycles. The van der Waals surface area contributed by atoms with Gasteiger partial charge in [0.05, 0.1) is 13.2 Å². The molecular formula is C12H24N2O3. The first kappa shape index (κ1) is 14.4. The number of ether oxygens (including phenoxy) is 2. The molecule has 0 unspecified atom stereocenters. The molecule has 1 heterocycles. The molecule has 17 heavy (non-hydrogen) atoms. The summed E-state index contributed by atoms with van der Waals surface area (Å²) in [6.07, 6.45) is 0.964. The quantitative estimate of drug-likeness (QED) is 0.681. The van der Waals surface area contributed by atoms with E-state index in [1.54, 1.807) is 21.0 Å². The Labute approximate surface area is 103 Å². The van der Waals surface area contributed by atoms with E-state index in [0.29, 0.717) is 6.54 Å². The zero-order valence-electron chi connectivity index (χ0n) is 11.1. The maximum absolute atomic E-state index is 11.7. The van der Waals surface area contributed by atoms with Gasteiger partial charge in [-0.3, -0.25) is 9.69 Å². The van der Waals surface area contributed by atoms with Crippen LogP contribution in [-0.2, 0) is 14.3 Å². The molecule has 0 spiro atoms. The highest BCUT2D eigenvalue weighted by Crippen LogP contribution is 2.06. The molecule has 0 aromatic rings. The lowest BCUT2D eigenvalue weighted by Crippen LogP contribution is -2.44. The van der Waals surface area contributed by atoms with Gasteiger partial charge in [0.2, 0.25) is 0 Å². The summed E-state index contributed by atoms with van der Waals surface area (Å²) in [6.45, 7) is 8.88. The number of rotatable bonds is 6. The van der Waals surface area contributed by atoms with Crippen molar-refractivity contribution in [2.24, 2.45) is 0 Å². The molecule has 0 bridgehead atoms. The SMILES string of the molecule is COC(C)(C)C(=O)NCCCN1CCOCC1. The zero-order valence-corrected chi connectivity index (χ0v) is 11.1. The molecule has 0 atom stereocenters. The van der Waals surface area contributed by atoms with Crippen LogP contribution in [0.3, 0.4) is 0 Å². The third-order valence-electron chi connectivity index (χ3n) is 3.10. The standard InChI is InChI=1S/C12H24N2O3/c1-12(2,16-3)11(15)13-5-4-6-14-7-9-17-10-8-14/h4-10H2,1-3H3,(H,13,15). The minimum atomic E-state index is -0.737. The molecule has 1 amide bonds. The number of hydrogen-bond acceptors (Lipinski definition) is 4. The second-order valence-electron chi connectivity index (χ2n) is 4.78. The van der Waals surface area contributed by atoms with E-state index >= 15 is 0 Å². The van der Waals surface area contributed by atoms with Crippen molar-refractivity contribution >= 4 is 5.91 Å². The lowest BCUT2D eigenvalue weighted by atomic mass is 10.1. The second kappa shape index (κ2) is 6.93. The number of morpholine rings is 1. The Hall–Kier alpha value is -0.650. The van der Waals surface area contributed by atoms with Crippen molar-refractivity contribution in [1.29, 1.82) is 0 Å². The largest absolute Gasteiger partial charge is 0.379 e. The molecule has 1 saturated heterocycles. The topological polar surface area (TPSA) is 50.8 Å². The van der Waals surface area contributed by atoms with Gasteiger partial charge in [-0.1, -0.05) is 0 Å². The number of methoxy groups -OCH3 is 1. The van der Waals surface area contributed by atoms with Crippen LogP contribution in [0.2, 0.25) is 0 Å². The van der Waals surface area contributed by atoms with Gasteiger partial charge in [0.1, 0.15) is 5.60 Å². The van der Waals surface area contributed by atoms with E-state index in [-0.39, 0.29) is 5.91 Å². The fourth-order valence-corrected chi connectivity index (χ4v) is 1.63. The van der Waals surface area contributed by atoms with Crippen LogP contribution in [0.1, 0.15) is 20.3 Å².